The van der Waals surface area contributed by atoms with E-state index in [2.05, 4.69) is 32.6 Å². The third-order valence-electron chi connectivity index (χ3n) is 2.27. The molecule has 0 aromatic rings. The van der Waals surface area contributed by atoms with E-state index in [1.165, 1.54) is 6.42 Å². The van der Waals surface area contributed by atoms with E-state index >= 15 is 0 Å². The summed E-state index contributed by atoms with van der Waals surface area (Å²) in [6.45, 7) is 6.45. The molecule has 1 nitrogen and oxygen atoms in total. The molecule has 1 heteroatoms. The number of hydrogen-bond acceptors (Lipinski definition) is 1. The smallest absolute Gasteiger partial charge is 0.0823 e. The Hall–Kier alpha value is -0.520. The molecule has 0 heterocycles. The van der Waals surface area contributed by atoms with Gasteiger partial charge in [-0.15, -0.1) is 5.73 Å². The van der Waals surface area contributed by atoms with E-state index in [4.69, 9.17) is 0 Å². The molecular weight excluding hydrogens is 160 g/mol. The molecule has 0 aromatic carbocycles. The zero-order valence-corrected chi connectivity index (χ0v) is 8.93. The maximum absolute atomic E-state index is 9.65. The Morgan fingerprint density at radius 3 is 2.62 bits per heavy atom. The molecule has 1 atom stereocenters. The summed E-state index contributed by atoms with van der Waals surface area (Å²) in [7, 11) is 0. The van der Waals surface area contributed by atoms with Crippen molar-refractivity contribution in [1.82, 2.24) is 0 Å². The molecule has 0 radical (unpaired) electrons. The van der Waals surface area contributed by atoms with Crippen molar-refractivity contribution in [3.8, 4) is 0 Å². The number of aliphatic hydroxyl groups is 1. The summed E-state index contributed by atoms with van der Waals surface area (Å²) >= 11 is 0. The van der Waals surface area contributed by atoms with Crippen LogP contribution in [0.15, 0.2) is 17.4 Å². The Kier molecular flexibility index (Phi) is 3.35. The van der Waals surface area contributed by atoms with E-state index < -0.39 is 0 Å². The molecule has 1 aliphatic carbocycles. The maximum atomic E-state index is 9.65. The van der Waals surface area contributed by atoms with Crippen molar-refractivity contribution in [2.24, 2.45) is 5.41 Å². The Balaban J connectivity index is 2.73. The van der Waals surface area contributed by atoms with Crippen LogP contribution in [0.4, 0.5) is 0 Å². The van der Waals surface area contributed by atoms with Gasteiger partial charge in [-0.2, -0.15) is 0 Å². The van der Waals surface area contributed by atoms with E-state index in [1.807, 2.05) is 0 Å². The molecule has 0 amide bonds. The molecule has 1 aliphatic rings. The first kappa shape index (κ1) is 10.6. The molecule has 1 N–H and O–H groups in total. The fraction of sp³-hybridized carbons (Fsp3) is 0.750. The van der Waals surface area contributed by atoms with Gasteiger partial charge in [0.05, 0.1) is 6.10 Å². The fourth-order valence-electron chi connectivity index (χ4n) is 1.47. The molecule has 1 saturated carbocycles. The van der Waals surface area contributed by atoms with E-state index in [9.17, 15) is 5.11 Å². The largest absolute Gasteiger partial charge is 0.388 e. The minimum atomic E-state index is -0.229. The second-order valence-electron chi connectivity index (χ2n) is 4.94. The van der Waals surface area contributed by atoms with Crippen molar-refractivity contribution in [2.75, 3.05) is 0 Å². The van der Waals surface area contributed by atoms with Crippen molar-refractivity contribution in [1.29, 1.82) is 0 Å². The first-order valence-electron chi connectivity index (χ1n) is 5.14. The molecule has 0 aromatic heterocycles. The summed E-state index contributed by atoms with van der Waals surface area (Å²) in [5, 5.41) is 9.65. The molecule has 1 fully saturated rings. The van der Waals surface area contributed by atoms with Crippen LogP contribution in [0.25, 0.3) is 0 Å². The molecular formula is C12H20O. The first-order chi connectivity index (χ1) is 5.99. The Labute approximate surface area is 81.2 Å². The average molecular weight is 180 g/mol. The zero-order valence-electron chi connectivity index (χ0n) is 8.93. The van der Waals surface area contributed by atoms with Crippen LogP contribution in [0.5, 0.6) is 0 Å². The van der Waals surface area contributed by atoms with Crippen LogP contribution in [-0.2, 0) is 0 Å². The molecule has 13 heavy (non-hydrogen) atoms. The lowest BCUT2D eigenvalue weighted by Crippen LogP contribution is -2.14. The van der Waals surface area contributed by atoms with Crippen LogP contribution in [-0.4, -0.2) is 11.2 Å². The number of aliphatic hydroxyl groups excluding tert-OH is 1. The van der Waals surface area contributed by atoms with E-state index in [1.54, 1.807) is 0 Å². The summed E-state index contributed by atoms with van der Waals surface area (Å²) in [6, 6.07) is 0. The highest BCUT2D eigenvalue weighted by molar-refractivity contribution is 5.11. The number of rotatable bonds is 0. The van der Waals surface area contributed by atoms with Gasteiger partial charge in [-0.05, 0) is 36.3 Å². The van der Waals surface area contributed by atoms with E-state index in [0.29, 0.717) is 0 Å². The van der Waals surface area contributed by atoms with Crippen LogP contribution in [0.1, 0.15) is 46.5 Å². The highest BCUT2D eigenvalue weighted by Gasteiger charge is 2.15. The summed E-state index contributed by atoms with van der Waals surface area (Å²) < 4.78 is 0. The van der Waals surface area contributed by atoms with Gasteiger partial charge in [-0.3, -0.25) is 0 Å². The minimum Gasteiger partial charge on any atom is -0.388 e. The van der Waals surface area contributed by atoms with Crippen molar-refractivity contribution < 1.29 is 5.11 Å². The molecule has 1 rings (SSSR count). The first-order valence-corrected chi connectivity index (χ1v) is 5.14. The van der Waals surface area contributed by atoms with E-state index in [0.717, 1.165) is 24.8 Å². The standard InChI is InChI=1S/C12H20O/c1-12(2,3)9-8-10-6-4-5-7-11(10)13/h9,11,13H,4-7H2,1-3H3/t8?,11-/m0/s1. The maximum Gasteiger partial charge on any atom is 0.0823 e. The molecule has 0 spiro atoms. The van der Waals surface area contributed by atoms with Crippen LogP contribution in [0.3, 0.4) is 0 Å². The zero-order chi connectivity index (χ0) is 9.90. The Bertz CT molecular complexity index is 226. The third kappa shape index (κ3) is 3.80. The van der Waals surface area contributed by atoms with Crippen molar-refractivity contribution in [3.05, 3.63) is 17.4 Å². The van der Waals surface area contributed by atoms with Gasteiger partial charge < -0.3 is 5.11 Å². The normalized spacial score (nSPS) is 24.0. The lowest BCUT2D eigenvalue weighted by molar-refractivity contribution is 0.179. The Morgan fingerprint density at radius 1 is 1.38 bits per heavy atom. The number of hydrogen-bond donors (Lipinski definition) is 1. The summed E-state index contributed by atoms with van der Waals surface area (Å²) in [4.78, 5) is 0. The van der Waals surface area contributed by atoms with Gasteiger partial charge in [-0.25, -0.2) is 0 Å². The molecule has 0 bridgehead atoms. The van der Waals surface area contributed by atoms with Gasteiger partial charge in [0, 0.05) is 0 Å². The topological polar surface area (TPSA) is 20.2 Å². The summed E-state index contributed by atoms with van der Waals surface area (Å²) in [6.07, 6.45) is 6.14. The summed E-state index contributed by atoms with van der Waals surface area (Å²) in [5.41, 5.74) is 4.52. The average Bonchev–Trinajstić information content (AvgIpc) is 2.01. The van der Waals surface area contributed by atoms with Crippen LogP contribution in [0.2, 0.25) is 0 Å². The molecule has 0 unspecified atom stereocenters. The lowest BCUT2D eigenvalue weighted by atomic mass is 9.91. The fourth-order valence-corrected chi connectivity index (χ4v) is 1.47. The highest BCUT2D eigenvalue weighted by atomic mass is 16.3. The molecule has 74 valence electrons. The molecule has 0 saturated heterocycles. The monoisotopic (exact) mass is 180 g/mol. The van der Waals surface area contributed by atoms with Crippen molar-refractivity contribution in [2.45, 2.75) is 52.6 Å². The minimum absolute atomic E-state index is 0.171. The van der Waals surface area contributed by atoms with Crippen LogP contribution < -0.4 is 0 Å². The van der Waals surface area contributed by atoms with Gasteiger partial charge >= 0.3 is 0 Å². The quantitative estimate of drug-likeness (QED) is 0.568. The van der Waals surface area contributed by atoms with Crippen LogP contribution in [0, 0.1) is 5.41 Å². The SMILES string of the molecule is CC(C)(C)C=C=C1CCCC[C@@H]1O. The van der Waals surface area contributed by atoms with Gasteiger partial charge in [-0.1, -0.05) is 27.2 Å². The second kappa shape index (κ2) is 4.13. The van der Waals surface area contributed by atoms with Gasteiger partial charge in [0.2, 0.25) is 0 Å². The summed E-state index contributed by atoms with van der Waals surface area (Å²) in [5.74, 6) is 0. The second-order valence-corrected chi connectivity index (χ2v) is 4.94. The van der Waals surface area contributed by atoms with E-state index in [-0.39, 0.29) is 11.5 Å². The molecule has 0 aliphatic heterocycles. The lowest BCUT2D eigenvalue weighted by Gasteiger charge is -2.19. The van der Waals surface area contributed by atoms with Gasteiger partial charge in [0.15, 0.2) is 0 Å². The predicted molar refractivity (Wildman–Crippen MR) is 55.5 cm³/mol. The van der Waals surface area contributed by atoms with Crippen LogP contribution >= 0.6 is 0 Å². The van der Waals surface area contributed by atoms with Crippen molar-refractivity contribution in [3.63, 3.8) is 0 Å². The van der Waals surface area contributed by atoms with Gasteiger partial charge in [0.1, 0.15) is 0 Å². The Morgan fingerprint density at radius 2 is 2.08 bits per heavy atom. The highest BCUT2D eigenvalue weighted by Crippen LogP contribution is 2.23. The third-order valence-corrected chi connectivity index (χ3v) is 2.27. The predicted octanol–water partition coefficient (Wildman–Crippen LogP) is 3.05. The van der Waals surface area contributed by atoms with Crippen molar-refractivity contribution >= 4 is 0 Å². The van der Waals surface area contributed by atoms with Gasteiger partial charge in [0.25, 0.3) is 0 Å².